The van der Waals surface area contributed by atoms with Crippen molar-refractivity contribution in [1.29, 1.82) is 0 Å². The first-order chi connectivity index (χ1) is 15.7. The van der Waals surface area contributed by atoms with E-state index in [1.165, 1.54) is 10.4 Å². The van der Waals surface area contributed by atoms with Crippen LogP contribution in [0.5, 0.6) is 0 Å². The number of nitrogens with zero attached hydrogens (tertiary/aromatic N) is 2. The zero-order valence-corrected chi connectivity index (χ0v) is 20.1. The first kappa shape index (κ1) is 26.3. The Morgan fingerprint density at radius 2 is 1.73 bits per heavy atom. The summed E-state index contributed by atoms with van der Waals surface area (Å²) in [6.45, 7) is 5.67. The molecule has 1 amide bonds. The molecule has 0 aliphatic carbocycles. The van der Waals surface area contributed by atoms with Crippen LogP contribution in [0.1, 0.15) is 31.4 Å². The van der Waals surface area contributed by atoms with Crippen molar-refractivity contribution in [2.45, 2.75) is 45.1 Å². The third-order valence-electron chi connectivity index (χ3n) is 5.05. The van der Waals surface area contributed by atoms with Crippen molar-refractivity contribution < 1.29 is 22.7 Å². The molecule has 0 saturated carbocycles. The van der Waals surface area contributed by atoms with Gasteiger partial charge in [0.25, 0.3) is 5.56 Å². The molecule has 0 aliphatic heterocycles. The molecule has 2 aromatic rings. The van der Waals surface area contributed by atoms with Crippen LogP contribution in [0.3, 0.4) is 0 Å². The molecule has 0 radical (unpaired) electrons. The van der Waals surface area contributed by atoms with Gasteiger partial charge in [0.2, 0.25) is 15.9 Å². The number of carbonyl (C=O) groups is 2. The van der Waals surface area contributed by atoms with Crippen LogP contribution in [0.4, 0.5) is 0 Å². The number of rotatable bonds is 12. The summed E-state index contributed by atoms with van der Waals surface area (Å²) >= 11 is 0. The number of esters is 1. The minimum Gasteiger partial charge on any atom is -0.462 e. The van der Waals surface area contributed by atoms with Crippen LogP contribution in [0.2, 0.25) is 0 Å². The van der Waals surface area contributed by atoms with Crippen LogP contribution >= 0.6 is 0 Å². The molecule has 1 aromatic carbocycles. The summed E-state index contributed by atoms with van der Waals surface area (Å²) in [4.78, 5) is 36.0. The molecule has 2 rings (SSSR count). The monoisotopic (exact) mass is 477 g/mol. The highest BCUT2D eigenvalue weighted by molar-refractivity contribution is 7.89. The van der Waals surface area contributed by atoms with Gasteiger partial charge in [-0.25, -0.2) is 8.42 Å². The molecule has 0 aliphatic rings. The lowest BCUT2D eigenvalue weighted by Gasteiger charge is -2.18. The highest BCUT2D eigenvalue weighted by atomic mass is 32.2. The van der Waals surface area contributed by atoms with E-state index in [1.807, 2.05) is 31.2 Å². The standard InChI is InChI=1S/C23H31N3O6S/c1-4-26(5-2)33(30,31)20-11-13-22(28)25(16-20)17-23(29)32-15-14-24-21(27)12-10-19-8-6-18(3)7-9-19/h6-9,11,13,16H,4-5,10,12,14-15,17H2,1-3H3,(H,24,27). The van der Waals surface area contributed by atoms with Crippen molar-refractivity contribution in [3.8, 4) is 0 Å². The predicted molar refractivity (Wildman–Crippen MR) is 124 cm³/mol. The lowest BCUT2D eigenvalue weighted by Crippen LogP contribution is -2.33. The Bertz CT molecular complexity index is 1110. The lowest BCUT2D eigenvalue weighted by molar-refractivity contribution is -0.144. The number of amides is 1. The van der Waals surface area contributed by atoms with Crippen molar-refractivity contribution in [1.82, 2.24) is 14.2 Å². The van der Waals surface area contributed by atoms with Crippen LogP contribution in [0.25, 0.3) is 0 Å². The van der Waals surface area contributed by atoms with Crippen LogP contribution in [0, 0.1) is 6.92 Å². The number of benzene rings is 1. The Morgan fingerprint density at radius 1 is 1.06 bits per heavy atom. The number of ether oxygens (including phenoxy) is 1. The smallest absolute Gasteiger partial charge is 0.326 e. The van der Waals surface area contributed by atoms with Gasteiger partial charge in [0, 0.05) is 31.8 Å². The van der Waals surface area contributed by atoms with Crippen LogP contribution in [-0.4, -0.2) is 55.4 Å². The number of aromatic nitrogens is 1. The predicted octanol–water partition coefficient (Wildman–Crippen LogP) is 1.48. The van der Waals surface area contributed by atoms with E-state index >= 15 is 0 Å². The molecule has 0 atom stereocenters. The molecule has 0 unspecified atom stereocenters. The Labute approximate surface area is 194 Å². The van der Waals surface area contributed by atoms with E-state index in [4.69, 9.17) is 4.74 Å². The molecule has 10 heteroatoms. The van der Waals surface area contributed by atoms with Crippen molar-refractivity contribution in [2.75, 3.05) is 26.2 Å². The molecule has 0 bridgehead atoms. The molecule has 180 valence electrons. The molecule has 9 nitrogen and oxygen atoms in total. The van der Waals surface area contributed by atoms with E-state index in [0.717, 1.165) is 28.0 Å². The number of pyridine rings is 1. The summed E-state index contributed by atoms with van der Waals surface area (Å²) in [6.07, 6.45) is 2.08. The normalized spacial score (nSPS) is 11.4. The van der Waals surface area contributed by atoms with Gasteiger partial charge in [-0.2, -0.15) is 4.31 Å². The fourth-order valence-electron chi connectivity index (χ4n) is 3.14. The summed E-state index contributed by atoms with van der Waals surface area (Å²) in [5.74, 6) is -0.861. The number of carbonyl (C=O) groups excluding carboxylic acids is 2. The second-order valence-corrected chi connectivity index (χ2v) is 9.41. The first-order valence-corrected chi connectivity index (χ1v) is 12.3. The zero-order chi connectivity index (χ0) is 24.4. The van der Waals surface area contributed by atoms with Gasteiger partial charge in [0.1, 0.15) is 13.2 Å². The molecule has 0 spiro atoms. The summed E-state index contributed by atoms with van der Waals surface area (Å²) in [5, 5.41) is 2.68. The number of hydrogen-bond acceptors (Lipinski definition) is 6. The minimum atomic E-state index is -3.76. The molecular formula is C23H31N3O6S. The van der Waals surface area contributed by atoms with Crippen molar-refractivity contribution in [3.63, 3.8) is 0 Å². The van der Waals surface area contributed by atoms with E-state index < -0.39 is 28.1 Å². The van der Waals surface area contributed by atoms with Crippen LogP contribution in [-0.2, 0) is 37.3 Å². The fourth-order valence-corrected chi connectivity index (χ4v) is 4.62. The van der Waals surface area contributed by atoms with E-state index in [0.29, 0.717) is 12.8 Å². The molecule has 1 heterocycles. The molecule has 1 aromatic heterocycles. The number of nitrogens with one attached hydrogen (secondary N) is 1. The Hall–Kier alpha value is -2.98. The van der Waals surface area contributed by atoms with Crippen molar-refractivity contribution in [2.24, 2.45) is 0 Å². The Kier molecular flexibility index (Phi) is 9.80. The van der Waals surface area contributed by atoms with Gasteiger partial charge >= 0.3 is 5.97 Å². The molecule has 1 N–H and O–H groups in total. The van der Waals surface area contributed by atoms with E-state index in [9.17, 15) is 22.8 Å². The fraction of sp³-hybridized carbons (Fsp3) is 0.435. The third kappa shape index (κ3) is 7.83. The molecular weight excluding hydrogens is 446 g/mol. The van der Waals surface area contributed by atoms with Crippen LogP contribution < -0.4 is 10.9 Å². The van der Waals surface area contributed by atoms with E-state index in [-0.39, 0.29) is 37.0 Å². The number of hydrogen-bond donors (Lipinski definition) is 1. The molecule has 0 fully saturated rings. The molecule has 33 heavy (non-hydrogen) atoms. The Morgan fingerprint density at radius 3 is 2.36 bits per heavy atom. The maximum atomic E-state index is 12.6. The average Bonchev–Trinajstić information content (AvgIpc) is 2.78. The maximum absolute atomic E-state index is 12.6. The summed E-state index contributed by atoms with van der Waals surface area (Å²) < 4.78 is 32.6. The topological polar surface area (TPSA) is 115 Å². The van der Waals surface area contributed by atoms with Gasteiger partial charge in [-0.1, -0.05) is 43.7 Å². The van der Waals surface area contributed by atoms with Gasteiger partial charge in [-0.05, 0) is 25.0 Å². The summed E-state index contributed by atoms with van der Waals surface area (Å²) in [5.41, 5.74) is 1.71. The zero-order valence-electron chi connectivity index (χ0n) is 19.2. The second-order valence-electron chi connectivity index (χ2n) is 7.48. The minimum absolute atomic E-state index is 0.0543. The van der Waals surface area contributed by atoms with Crippen LogP contribution in [0.15, 0.2) is 52.3 Å². The SMILES string of the molecule is CCN(CC)S(=O)(=O)c1ccc(=O)n(CC(=O)OCCNC(=O)CCc2ccc(C)cc2)c1. The maximum Gasteiger partial charge on any atom is 0.326 e. The molecule has 0 saturated heterocycles. The number of sulfonamides is 1. The van der Waals surface area contributed by atoms with Gasteiger partial charge in [0.15, 0.2) is 0 Å². The van der Waals surface area contributed by atoms with Gasteiger partial charge in [-0.3, -0.25) is 14.4 Å². The van der Waals surface area contributed by atoms with Crippen molar-refractivity contribution >= 4 is 21.9 Å². The van der Waals surface area contributed by atoms with Gasteiger partial charge in [0.05, 0.1) is 11.4 Å². The Balaban J connectivity index is 1.81. The number of aryl methyl sites for hydroxylation is 2. The van der Waals surface area contributed by atoms with Gasteiger partial charge < -0.3 is 14.6 Å². The summed E-state index contributed by atoms with van der Waals surface area (Å²) in [7, 11) is -3.76. The first-order valence-electron chi connectivity index (χ1n) is 10.9. The quantitative estimate of drug-likeness (QED) is 0.366. The summed E-state index contributed by atoms with van der Waals surface area (Å²) in [6, 6.07) is 10.3. The average molecular weight is 478 g/mol. The van der Waals surface area contributed by atoms with Gasteiger partial charge in [-0.15, -0.1) is 0 Å². The second kappa shape index (κ2) is 12.3. The lowest BCUT2D eigenvalue weighted by atomic mass is 10.1. The highest BCUT2D eigenvalue weighted by Crippen LogP contribution is 2.13. The van der Waals surface area contributed by atoms with E-state index in [2.05, 4.69) is 5.32 Å². The largest absolute Gasteiger partial charge is 0.462 e. The van der Waals surface area contributed by atoms with E-state index in [1.54, 1.807) is 13.8 Å². The van der Waals surface area contributed by atoms with Crippen molar-refractivity contribution in [3.05, 3.63) is 64.1 Å². The highest BCUT2D eigenvalue weighted by Gasteiger charge is 2.22. The third-order valence-corrected chi connectivity index (χ3v) is 7.08.